The summed E-state index contributed by atoms with van der Waals surface area (Å²) in [6, 6.07) is 0. The Balaban J connectivity index is 1.58. The predicted octanol–water partition coefficient (Wildman–Crippen LogP) is 1.11. The lowest BCUT2D eigenvalue weighted by Gasteiger charge is -2.32. The Kier molecular flexibility index (Phi) is 3.29. The average Bonchev–Trinajstić information content (AvgIpc) is 3.20. The van der Waals surface area contributed by atoms with E-state index in [1.54, 1.807) is 29.5 Å². The topological polar surface area (TPSA) is 92.6 Å². The van der Waals surface area contributed by atoms with Crippen LogP contribution < -0.4 is 0 Å². The molecular formula is C15H17N7O. The average molecular weight is 311 g/mol. The summed E-state index contributed by atoms with van der Waals surface area (Å²) in [5.74, 6) is 0.226. The molecule has 3 aromatic heterocycles. The summed E-state index contributed by atoms with van der Waals surface area (Å²) in [6.45, 7) is 1.42. The number of aryl methyl sites for hydroxylation is 1. The molecule has 1 fully saturated rings. The van der Waals surface area contributed by atoms with Gasteiger partial charge in [0.2, 0.25) is 0 Å². The minimum Gasteiger partial charge on any atom is -0.338 e. The lowest BCUT2D eigenvalue weighted by Crippen LogP contribution is -2.39. The fourth-order valence-corrected chi connectivity index (χ4v) is 3.16. The number of carbonyl (C=O) groups excluding carboxylic acids is 1. The fourth-order valence-electron chi connectivity index (χ4n) is 3.16. The van der Waals surface area contributed by atoms with Gasteiger partial charge in [-0.3, -0.25) is 14.6 Å². The summed E-state index contributed by atoms with van der Waals surface area (Å²) in [6.07, 6.45) is 8.63. The second-order valence-corrected chi connectivity index (χ2v) is 5.86. The van der Waals surface area contributed by atoms with Crippen LogP contribution in [0, 0.1) is 0 Å². The van der Waals surface area contributed by atoms with Crippen LogP contribution in [-0.2, 0) is 7.05 Å². The van der Waals surface area contributed by atoms with Gasteiger partial charge < -0.3 is 4.90 Å². The van der Waals surface area contributed by atoms with E-state index in [9.17, 15) is 4.79 Å². The molecule has 0 aromatic carbocycles. The largest absolute Gasteiger partial charge is 0.338 e. The van der Waals surface area contributed by atoms with Gasteiger partial charge in [-0.1, -0.05) is 0 Å². The van der Waals surface area contributed by atoms with E-state index in [4.69, 9.17) is 0 Å². The Labute approximate surface area is 132 Å². The standard InChI is InChI=1S/C15H17N7O/c1-21-8-11(7-18-21)15(23)22-6-2-3-10(9-22)12-13-14(20-19-12)17-5-4-16-13/h4-5,7-8,10H,2-3,6,9H2,1H3,(H,17,19,20)/t10-/m1/s1. The number of hydrogen-bond donors (Lipinski definition) is 1. The van der Waals surface area contributed by atoms with Gasteiger partial charge in [-0.05, 0) is 12.8 Å². The number of aromatic amines is 1. The van der Waals surface area contributed by atoms with E-state index >= 15 is 0 Å². The normalized spacial score (nSPS) is 18.5. The van der Waals surface area contributed by atoms with Gasteiger partial charge in [-0.15, -0.1) is 0 Å². The first-order chi connectivity index (χ1) is 11.2. The molecule has 0 radical (unpaired) electrons. The van der Waals surface area contributed by atoms with Gasteiger partial charge in [0.05, 0.1) is 17.5 Å². The SMILES string of the molecule is Cn1cc(C(=O)N2CCC[C@@H](c3[nH]nc4nccnc34)C2)cn1. The molecule has 8 nitrogen and oxygen atoms in total. The van der Waals surface area contributed by atoms with Crippen LogP contribution in [0.2, 0.25) is 0 Å². The highest BCUT2D eigenvalue weighted by atomic mass is 16.2. The number of hydrogen-bond acceptors (Lipinski definition) is 5. The number of nitrogens with zero attached hydrogens (tertiary/aromatic N) is 6. The molecule has 23 heavy (non-hydrogen) atoms. The molecule has 1 aliphatic heterocycles. The van der Waals surface area contributed by atoms with Crippen LogP contribution in [0.25, 0.3) is 11.2 Å². The zero-order chi connectivity index (χ0) is 15.8. The molecule has 1 saturated heterocycles. The Morgan fingerprint density at radius 1 is 1.35 bits per heavy atom. The van der Waals surface area contributed by atoms with E-state index in [0.717, 1.165) is 30.6 Å². The first kappa shape index (κ1) is 13.9. The van der Waals surface area contributed by atoms with Gasteiger partial charge >= 0.3 is 0 Å². The van der Waals surface area contributed by atoms with E-state index in [-0.39, 0.29) is 11.8 Å². The van der Waals surface area contributed by atoms with Crippen molar-refractivity contribution in [2.24, 2.45) is 7.05 Å². The molecule has 4 rings (SSSR count). The number of aromatic nitrogens is 6. The maximum Gasteiger partial charge on any atom is 0.257 e. The molecule has 1 N–H and O–H groups in total. The molecule has 0 saturated carbocycles. The molecule has 0 aliphatic carbocycles. The van der Waals surface area contributed by atoms with Crippen molar-refractivity contribution in [1.82, 2.24) is 34.8 Å². The van der Waals surface area contributed by atoms with Crippen LogP contribution in [0.1, 0.15) is 34.8 Å². The van der Waals surface area contributed by atoms with Crippen molar-refractivity contribution in [2.75, 3.05) is 13.1 Å². The van der Waals surface area contributed by atoms with Crippen molar-refractivity contribution in [3.63, 3.8) is 0 Å². The maximum absolute atomic E-state index is 12.6. The van der Waals surface area contributed by atoms with Crippen LogP contribution >= 0.6 is 0 Å². The highest BCUT2D eigenvalue weighted by molar-refractivity contribution is 5.93. The van der Waals surface area contributed by atoms with E-state index in [1.807, 2.05) is 11.9 Å². The fraction of sp³-hybridized carbons (Fsp3) is 0.400. The molecule has 1 atom stereocenters. The number of nitrogens with one attached hydrogen (secondary N) is 1. The van der Waals surface area contributed by atoms with Crippen molar-refractivity contribution >= 4 is 17.1 Å². The number of amides is 1. The molecule has 118 valence electrons. The third-order valence-electron chi connectivity index (χ3n) is 4.28. The smallest absolute Gasteiger partial charge is 0.257 e. The van der Waals surface area contributed by atoms with Crippen molar-refractivity contribution in [1.29, 1.82) is 0 Å². The first-order valence-electron chi connectivity index (χ1n) is 7.65. The number of H-pyrrole nitrogens is 1. The molecule has 8 heteroatoms. The number of likely N-dealkylation sites (tertiary alicyclic amines) is 1. The monoisotopic (exact) mass is 311 g/mol. The highest BCUT2D eigenvalue weighted by Crippen LogP contribution is 2.29. The van der Waals surface area contributed by atoms with Crippen LogP contribution in [0.5, 0.6) is 0 Å². The second kappa shape index (κ2) is 5.45. The van der Waals surface area contributed by atoms with E-state index < -0.39 is 0 Å². The maximum atomic E-state index is 12.6. The van der Waals surface area contributed by atoms with Crippen molar-refractivity contribution in [2.45, 2.75) is 18.8 Å². The third kappa shape index (κ3) is 2.45. The summed E-state index contributed by atoms with van der Waals surface area (Å²) in [5.41, 5.74) is 3.02. The van der Waals surface area contributed by atoms with E-state index in [0.29, 0.717) is 17.8 Å². The molecular weight excluding hydrogens is 294 g/mol. The third-order valence-corrected chi connectivity index (χ3v) is 4.28. The number of piperidine rings is 1. The van der Waals surface area contributed by atoms with Gasteiger partial charge in [0.25, 0.3) is 5.91 Å². The van der Waals surface area contributed by atoms with Gasteiger partial charge in [0.1, 0.15) is 5.52 Å². The summed E-state index contributed by atoms with van der Waals surface area (Å²) in [4.78, 5) is 23.1. The molecule has 4 heterocycles. The number of fused-ring (bicyclic) bond motifs is 1. The number of rotatable bonds is 2. The molecule has 1 aliphatic rings. The molecule has 0 spiro atoms. The Bertz CT molecular complexity index is 852. The molecule has 3 aromatic rings. The van der Waals surface area contributed by atoms with Crippen LogP contribution in [-0.4, -0.2) is 53.8 Å². The first-order valence-corrected chi connectivity index (χ1v) is 7.65. The van der Waals surface area contributed by atoms with Gasteiger partial charge in [-0.25, -0.2) is 9.97 Å². The molecule has 0 bridgehead atoms. The Morgan fingerprint density at radius 2 is 2.22 bits per heavy atom. The number of carbonyl (C=O) groups is 1. The highest BCUT2D eigenvalue weighted by Gasteiger charge is 2.28. The zero-order valence-corrected chi connectivity index (χ0v) is 12.8. The Hall–Kier alpha value is -2.77. The van der Waals surface area contributed by atoms with Crippen LogP contribution in [0.3, 0.4) is 0 Å². The summed E-state index contributed by atoms with van der Waals surface area (Å²) < 4.78 is 1.65. The van der Waals surface area contributed by atoms with Crippen molar-refractivity contribution in [3.05, 3.63) is 36.0 Å². The quantitative estimate of drug-likeness (QED) is 0.765. The summed E-state index contributed by atoms with van der Waals surface area (Å²) in [7, 11) is 1.81. The van der Waals surface area contributed by atoms with Crippen molar-refractivity contribution in [3.8, 4) is 0 Å². The lowest BCUT2D eigenvalue weighted by atomic mass is 9.94. The minimum absolute atomic E-state index is 0.0257. The minimum atomic E-state index is 0.0257. The molecule has 0 unspecified atom stereocenters. The predicted molar refractivity (Wildman–Crippen MR) is 82.8 cm³/mol. The van der Waals surface area contributed by atoms with E-state index in [2.05, 4.69) is 25.3 Å². The van der Waals surface area contributed by atoms with Crippen LogP contribution in [0.15, 0.2) is 24.8 Å². The van der Waals surface area contributed by atoms with Gasteiger partial charge in [0.15, 0.2) is 5.65 Å². The summed E-state index contributed by atoms with van der Waals surface area (Å²) in [5, 5.41) is 11.3. The lowest BCUT2D eigenvalue weighted by molar-refractivity contribution is 0.0706. The Morgan fingerprint density at radius 3 is 3.04 bits per heavy atom. The second-order valence-electron chi connectivity index (χ2n) is 5.86. The molecule has 1 amide bonds. The van der Waals surface area contributed by atoms with Gasteiger partial charge in [0, 0.05) is 44.6 Å². The summed E-state index contributed by atoms with van der Waals surface area (Å²) >= 11 is 0. The van der Waals surface area contributed by atoms with Crippen LogP contribution in [0.4, 0.5) is 0 Å². The zero-order valence-electron chi connectivity index (χ0n) is 12.8. The van der Waals surface area contributed by atoms with Crippen molar-refractivity contribution < 1.29 is 4.79 Å². The van der Waals surface area contributed by atoms with Gasteiger partial charge in [-0.2, -0.15) is 10.2 Å². The van der Waals surface area contributed by atoms with E-state index in [1.165, 1.54) is 0 Å².